The lowest BCUT2D eigenvalue weighted by molar-refractivity contribution is 0.564. The van der Waals surface area contributed by atoms with Crippen molar-refractivity contribution in [2.24, 2.45) is 5.92 Å². The van der Waals surface area contributed by atoms with E-state index >= 15 is 0 Å². The van der Waals surface area contributed by atoms with Crippen LogP contribution in [0, 0.1) is 5.92 Å². The van der Waals surface area contributed by atoms with Crippen LogP contribution < -0.4 is 5.32 Å². The van der Waals surface area contributed by atoms with Crippen LogP contribution in [0.5, 0.6) is 0 Å². The Hall–Kier alpha value is -0.830. The molecule has 0 saturated carbocycles. The smallest absolute Gasteiger partial charge is 0.129 e. The normalized spacial score (nSPS) is 14.5. The first-order chi connectivity index (χ1) is 7.67. The molecule has 0 amide bonds. The Kier molecular flexibility index (Phi) is 5.53. The maximum atomic E-state index is 5.82. The van der Waals surface area contributed by atoms with Crippen molar-refractivity contribution in [1.82, 2.24) is 9.97 Å². The first-order valence-corrected chi connectivity index (χ1v) is 6.34. The lowest BCUT2D eigenvalue weighted by Crippen LogP contribution is -2.25. The number of halogens is 1. The fourth-order valence-corrected chi connectivity index (χ4v) is 1.65. The first kappa shape index (κ1) is 13.2. The summed E-state index contributed by atoms with van der Waals surface area (Å²) in [4.78, 5) is 8.44. The van der Waals surface area contributed by atoms with Gasteiger partial charge in [0.15, 0.2) is 0 Å². The number of aromatic nitrogens is 2. The van der Waals surface area contributed by atoms with Crippen molar-refractivity contribution in [2.75, 3.05) is 11.2 Å². The highest BCUT2D eigenvalue weighted by Crippen LogP contribution is 2.12. The molecule has 1 aromatic heterocycles. The van der Waals surface area contributed by atoms with E-state index in [1.54, 1.807) is 6.33 Å². The Morgan fingerprint density at radius 1 is 1.38 bits per heavy atom. The number of alkyl halides is 1. The van der Waals surface area contributed by atoms with Gasteiger partial charge in [0.25, 0.3) is 0 Å². The van der Waals surface area contributed by atoms with Gasteiger partial charge >= 0.3 is 0 Å². The molecule has 0 saturated heterocycles. The zero-order valence-corrected chi connectivity index (χ0v) is 11.0. The Morgan fingerprint density at radius 3 is 2.75 bits per heavy atom. The summed E-state index contributed by atoms with van der Waals surface area (Å²) in [6.45, 7) is 6.39. The fourth-order valence-electron chi connectivity index (χ4n) is 1.38. The molecular weight excluding hydrogens is 222 g/mol. The molecule has 3 nitrogen and oxygen atoms in total. The van der Waals surface area contributed by atoms with Gasteiger partial charge in [-0.1, -0.05) is 20.3 Å². The molecule has 0 aliphatic carbocycles. The van der Waals surface area contributed by atoms with E-state index < -0.39 is 0 Å². The summed E-state index contributed by atoms with van der Waals surface area (Å²) < 4.78 is 0. The van der Waals surface area contributed by atoms with E-state index in [4.69, 9.17) is 11.6 Å². The number of hydrogen-bond donors (Lipinski definition) is 1. The second kappa shape index (κ2) is 6.69. The van der Waals surface area contributed by atoms with Gasteiger partial charge < -0.3 is 5.32 Å². The van der Waals surface area contributed by atoms with Crippen LogP contribution in [0.3, 0.4) is 0 Å². The van der Waals surface area contributed by atoms with E-state index in [0.29, 0.717) is 17.8 Å². The van der Waals surface area contributed by atoms with E-state index in [2.05, 4.69) is 36.1 Å². The maximum Gasteiger partial charge on any atom is 0.129 e. The molecule has 90 valence electrons. The summed E-state index contributed by atoms with van der Waals surface area (Å²) in [6.07, 6.45) is 3.71. The van der Waals surface area contributed by atoms with Crippen molar-refractivity contribution in [1.29, 1.82) is 0 Å². The fraction of sp³-hybridized carbons (Fsp3) is 0.667. The molecule has 2 unspecified atom stereocenters. The molecule has 0 radical (unpaired) electrons. The minimum Gasteiger partial charge on any atom is -0.367 e. The van der Waals surface area contributed by atoms with Crippen molar-refractivity contribution in [3.8, 4) is 0 Å². The van der Waals surface area contributed by atoms with Crippen LogP contribution in [0.4, 0.5) is 5.82 Å². The number of rotatable bonds is 6. The quantitative estimate of drug-likeness (QED) is 0.778. The molecule has 1 rings (SSSR count). The van der Waals surface area contributed by atoms with Gasteiger partial charge in [-0.05, 0) is 19.3 Å². The number of anilines is 1. The number of nitrogens with one attached hydrogen (secondary N) is 1. The number of aryl methyl sites for hydroxylation is 1. The molecule has 0 aromatic carbocycles. The van der Waals surface area contributed by atoms with Crippen LogP contribution in [0.25, 0.3) is 0 Å². The van der Waals surface area contributed by atoms with Gasteiger partial charge in [0.05, 0.1) is 0 Å². The van der Waals surface area contributed by atoms with Crippen LogP contribution in [0.15, 0.2) is 12.4 Å². The zero-order valence-electron chi connectivity index (χ0n) is 10.2. The summed E-state index contributed by atoms with van der Waals surface area (Å²) >= 11 is 5.82. The second-order valence-corrected chi connectivity index (χ2v) is 4.52. The highest BCUT2D eigenvalue weighted by atomic mass is 35.5. The highest BCUT2D eigenvalue weighted by Gasteiger charge is 2.11. The summed E-state index contributed by atoms with van der Waals surface area (Å²) in [5.41, 5.74) is 1.09. The minimum absolute atomic E-state index is 0.321. The third-order valence-electron chi connectivity index (χ3n) is 2.70. The Morgan fingerprint density at radius 2 is 2.12 bits per heavy atom. The first-order valence-electron chi connectivity index (χ1n) is 5.80. The lowest BCUT2D eigenvalue weighted by Gasteiger charge is -2.19. The Balaban J connectivity index is 2.62. The standard InChI is InChI=1S/C12H20ClN3/c1-4-5-11-6-12(15-8-14-11)16-10(3)9(2)7-13/h6,8-10H,4-5,7H2,1-3H3,(H,14,15,16). The van der Waals surface area contributed by atoms with Crippen molar-refractivity contribution in [2.45, 2.75) is 39.7 Å². The van der Waals surface area contributed by atoms with Gasteiger partial charge in [-0.25, -0.2) is 9.97 Å². The molecule has 0 aliphatic rings. The SMILES string of the molecule is CCCc1cc(NC(C)C(C)CCl)ncn1. The predicted molar refractivity (Wildman–Crippen MR) is 69.0 cm³/mol. The van der Waals surface area contributed by atoms with Crippen LogP contribution in [0.2, 0.25) is 0 Å². The van der Waals surface area contributed by atoms with E-state index in [1.807, 2.05) is 6.07 Å². The molecule has 4 heteroatoms. The van der Waals surface area contributed by atoms with Gasteiger partial charge in [0.2, 0.25) is 0 Å². The van der Waals surface area contributed by atoms with E-state index in [9.17, 15) is 0 Å². The molecule has 0 fully saturated rings. The number of nitrogens with zero attached hydrogens (tertiary/aromatic N) is 2. The average Bonchev–Trinajstić information content (AvgIpc) is 2.29. The summed E-state index contributed by atoms with van der Waals surface area (Å²) in [5.74, 6) is 1.97. The molecule has 1 N–H and O–H groups in total. The lowest BCUT2D eigenvalue weighted by atomic mass is 10.1. The van der Waals surface area contributed by atoms with Gasteiger partial charge in [-0.3, -0.25) is 0 Å². The Bertz CT molecular complexity index is 317. The topological polar surface area (TPSA) is 37.8 Å². The minimum atomic E-state index is 0.321. The molecule has 1 heterocycles. The van der Waals surface area contributed by atoms with Crippen molar-refractivity contribution < 1.29 is 0 Å². The van der Waals surface area contributed by atoms with Crippen LogP contribution >= 0.6 is 11.6 Å². The van der Waals surface area contributed by atoms with Gasteiger partial charge in [0, 0.05) is 23.7 Å². The third kappa shape index (κ3) is 3.97. The largest absolute Gasteiger partial charge is 0.367 e. The van der Waals surface area contributed by atoms with E-state index in [1.165, 1.54) is 0 Å². The van der Waals surface area contributed by atoms with Crippen LogP contribution in [-0.2, 0) is 6.42 Å². The monoisotopic (exact) mass is 241 g/mol. The van der Waals surface area contributed by atoms with Gasteiger partial charge in [0.1, 0.15) is 12.1 Å². The summed E-state index contributed by atoms with van der Waals surface area (Å²) in [5, 5.41) is 3.36. The van der Waals surface area contributed by atoms with E-state index in [-0.39, 0.29) is 0 Å². The molecule has 1 aromatic rings. The zero-order chi connectivity index (χ0) is 12.0. The van der Waals surface area contributed by atoms with E-state index in [0.717, 1.165) is 24.4 Å². The molecule has 0 spiro atoms. The van der Waals surface area contributed by atoms with Crippen molar-refractivity contribution >= 4 is 17.4 Å². The predicted octanol–water partition coefficient (Wildman–Crippen LogP) is 3.10. The second-order valence-electron chi connectivity index (χ2n) is 4.21. The molecule has 0 bridgehead atoms. The van der Waals surface area contributed by atoms with Gasteiger partial charge in [-0.2, -0.15) is 0 Å². The van der Waals surface area contributed by atoms with Crippen molar-refractivity contribution in [3.05, 3.63) is 18.1 Å². The van der Waals surface area contributed by atoms with Crippen LogP contribution in [0.1, 0.15) is 32.9 Å². The maximum absolute atomic E-state index is 5.82. The molecule has 0 aliphatic heterocycles. The van der Waals surface area contributed by atoms with Gasteiger partial charge in [-0.15, -0.1) is 11.6 Å². The van der Waals surface area contributed by atoms with Crippen molar-refractivity contribution in [3.63, 3.8) is 0 Å². The Labute approximate surface area is 103 Å². The summed E-state index contributed by atoms with van der Waals surface area (Å²) in [7, 11) is 0. The highest BCUT2D eigenvalue weighted by molar-refractivity contribution is 6.18. The number of hydrogen-bond acceptors (Lipinski definition) is 3. The summed E-state index contributed by atoms with van der Waals surface area (Å²) in [6, 6.07) is 2.34. The van der Waals surface area contributed by atoms with Crippen LogP contribution in [-0.4, -0.2) is 21.9 Å². The third-order valence-corrected chi connectivity index (χ3v) is 3.19. The molecule has 2 atom stereocenters. The molecule has 16 heavy (non-hydrogen) atoms. The average molecular weight is 242 g/mol. The molecular formula is C12H20ClN3.